The lowest BCUT2D eigenvalue weighted by Gasteiger charge is -2.31. The Morgan fingerprint density at radius 2 is 1.82 bits per heavy atom. The molecule has 2 N–H and O–H groups in total. The van der Waals surface area contributed by atoms with Gasteiger partial charge in [-0.25, -0.2) is 12.8 Å². The molecule has 2 saturated heterocycles. The van der Waals surface area contributed by atoms with Gasteiger partial charge in [0.15, 0.2) is 0 Å². The van der Waals surface area contributed by atoms with Gasteiger partial charge in [0.2, 0.25) is 15.9 Å². The number of sulfonamides is 1. The van der Waals surface area contributed by atoms with Crippen molar-refractivity contribution in [2.75, 3.05) is 31.6 Å². The first kappa shape index (κ1) is 24.3. The highest BCUT2D eigenvalue weighted by atomic mass is 32.2. The predicted octanol–water partition coefficient (Wildman–Crippen LogP) is 2.77. The number of para-hydroxylation sites is 1. The van der Waals surface area contributed by atoms with Gasteiger partial charge >= 0.3 is 0 Å². The number of benzene rings is 2. The van der Waals surface area contributed by atoms with Gasteiger partial charge in [-0.15, -0.1) is 0 Å². The fourth-order valence-electron chi connectivity index (χ4n) is 4.26. The molecule has 2 aromatic rings. The molecular weight excluding hydrogens is 461 g/mol. The Morgan fingerprint density at radius 3 is 2.56 bits per heavy atom. The van der Waals surface area contributed by atoms with Gasteiger partial charge in [0.25, 0.3) is 5.91 Å². The molecule has 2 aromatic carbocycles. The largest absolute Gasteiger partial charge is 0.376 e. The zero-order valence-electron chi connectivity index (χ0n) is 18.7. The van der Waals surface area contributed by atoms with Crippen LogP contribution in [0.2, 0.25) is 0 Å². The van der Waals surface area contributed by atoms with E-state index in [2.05, 4.69) is 10.6 Å². The first-order chi connectivity index (χ1) is 16.3. The molecule has 2 aliphatic heterocycles. The highest BCUT2D eigenvalue weighted by Gasteiger charge is 2.33. The number of amides is 2. The van der Waals surface area contributed by atoms with Gasteiger partial charge in [0, 0.05) is 26.2 Å². The van der Waals surface area contributed by atoms with Crippen LogP contribution in [0, 0.1) is 11.7 Å². The van der Waals surface area contributed by atoms with Gasteiger partial charge in [0.1, 0.15) is 5.82 Å². The number of piperidine rings is 1. The van der Waals surface area contributed by atoms with E-state index in [9.17, 15) is 22.4 Å². The lowest BCUT2D eigenvalue weighted by atomic mass is 9.98. The van der Waals surface area contributed by atoms with E-state index in [0.29, 0.717) is 37.2 Å². The van der Waals surface area contributed by atoms with Crippen LogP contribution in [0.25, 0.3) is 0 Å². The molecular formula is C24H28FN3O5S. The maximum Gasteiger partial charge on any atom is 0.253 e. The molecule has 0 bridgehead atoms. The third kappa shape index (κ3) is 5.63. The third-order valence-electron chi connectivity index (χ3n) is 6.15. The van der Waals surface area contributed by atoms with Crippen molar-refractivity contribution in [2.45, 2.75) is 36.7 Å². The number of ether oxygens (including phenoxy) is 1. The lowest BCUT2D eigenvalue weighted by Crippen LogP contribution is -2.43. The summed E-state index contributed by atoms with van der Waals surface area (Å²) >= 11 is 0. The fourth-order valence-corrected chi connectivity index (χ4v) is 5.79. The Morgan fingerprint density at radius 1 is 1.06 bits per heavy atom. The Hall–Kier alpha value is -2.82. The summed E-state index contributed by atoms with van der Waals surface area (Å²) < 4.78 is 45.9. The second-order valence-electron chi connectivity index (χ2n) is 8.54. The molecule has 0 spiro atoms. The third-order valence-corrected chi connectivity index (χ3v) is 8.03. The van der Waals surface area contributed by atoms with E-state index in [4.69, 9.17) is 4.74 Å². The number of nitrogens with one attached hydrogen (secondary N) is 2. The van der Waals surface area contributed by atoms with E-state index in [1.54, 1.807) is 24.3 Å². The topological polar surface area (TPSA) is 105 Å². The summed E-state index contributed by atoms with van der Waals surface area (Å²) in [5.74, 6) is -1.76. The molecule has 0 aliphatic carbocycles. The molecule has 2 amide bonds. The van der Waals surface area contributed by atoms with Crippen molar-refractivity contribution >= 4 is 27.5 Å². The summed E-state index contributed by atoms with van der Waals surface area (Å²) in [6.07, 6.45) is 2.92. The van der Waals surface area contributed by atoms with Gasteiger partial charge in [-0.3, -0.25) is 9.59 Å². The second-order valence-corrected chi connectivity index (χ2v) is 10.5. The van der Waals surface area contributed by atoms with Crippen molar-refractivity contribution in [3.05, 3.63) is 59.9 Å². The van der Waals surface area contributed by atoms with E-state index in [1.165, 1.54) is 16.4 Å². The summed E-state index contributed by atoms with van der Waals surface area (Å²) in [5.41, 5.74) is 0.705. The van der Waals surface area contributed by atoms with E-state index in [1.807, 2.05) is 0 Å². The number of hydrogen-bond donors (Lipinski definition) is 2. The number of nitrogens with zero attached hydrogens (tertiary/aromatic N) is 1. The number of halogens is 1. The molecule has 0 saturated carbocycles. The van der Waals surface area contributed by atoms with Crippen molar-refractivity contribution in [1.82, 2.24) is 9.62 Å². The zero-order valence-corrected chi connectivity index (χ0v) is 19.5. The molecule has 0 radical (unpaired) electrons. The molecule has 34 heavy (non-hydrogen) atoms. The summed E-state index contributed by atoms with van der Waals surface area (Å²) in [6, 6.07) is 11.4. The van der Waals surface area contributed by atoms with Gasteiger partial charge < -0.3 is 15.4 Å². The SMILES string of the molecule is O=C(NC[C@H]1CCCO1)c1ccccc1NC(=O)[C@@H]1CCCN(S(=O)(=O)c2ccc(F)cc2)C1. The van der Waals surface area contributed by atoms with Crippen LogP contribution in [-0.2, 0) is 19.6 Å². The minimum atomic E-state index is -3.84. The summed E-state index contributed by atoms with van der Waals surface area (Å²) in [4.78, 5) is 25.7. The van der Waals surface area contributed by atoms with Crippen LogP contribution in [-0.4, -0.2) is 56.9 Å². The molecule has 182 valence electrons. The summed E-state index contributed by atoms with van der Waals surface area (Å²) in [6.45, 7) is 1.40. The molecule has 8 nitrogen and oxygen atoms in total. The van der Waals surface area contributed by atoms with Crippen LogP contribution in [0.3, 0.4) is 0 Å². The Kier molecular flexibility index (Phi) is 7.60. The molecule has 2 heterocycles. The fraction of sp³-hybridized carbons (Fsp3) is 0.417. The molecule has 0 unspecified atom stereocenters. The average molecular weight is 490 g/mol. The predicted molar refractivity (Wildman–Crippen MR) is 124 cm³/mol. The van der Waals surface area contributed by atoms with Gasteiger partial charge in [0.05, 0.1) is 28.2 Å². The highest BCUT2D eigenvalue weighted by molar-refractivity contribution is 7.89. The quantitative estimate of drug-likeness (QED) is 0.622. The van der Waals surface area contributed by atoms with E-state index in [-0.39, 0.29) is 35.9 Å². The number of carbonyl (C=O) groups is 2. The maximum atomic E-state index is 13.2. The smallest absolute Gasteiger partial charge is 0.253 e. The molecule has 0 aromatic heterocycles. The summed E-state index contributed by atoms with van der Waals surface area (Å²) in [7, 11) is -3.84. The van der Waals surface area contributed by atoms with E-state index < -0.39 is 21.8 Å². The summed E-state index contributed by atoms with van der Waals surface area (Å²) in [5, 5.41) is 5.66. The minimum absolute atomic E-state index is 0.00183. The van der Waals surface area contributed by atoms with Crippen LogP contribution in [0.1, 0.15) is 36.0 Å². The first-order valence-corrected chi connectivity index (χ1v) is 12.8. The zero-order chi connectivity index (χ0) is 24.1. The Bertz CT molecular complexity index is 1130. The molecule has 2 aliphatic rings. The lowest BCUT2D eigenvalue weighted by molar-refractivity contribution is -0.120. The van der Waals surface area contributed by atoms with Gasteiger partial charge in [-0.2, -0.15) is 4.31 Å². The highest BCUT2D eigenvalue weighted by Crippen LogP contribution is 2.26. The van der Waals surface area contributed by atoms with Gasteiger partial charge in [-0.05, 0) is 62.1 Å². The number of carbonyl (C=O) groups excluding carboxylic acids is 2. The van der Waals surface area contributed by atoms with Gasteiger partial charge in [-0.1, -0.05) is 12.1 Å². The number of rotatable bonds is 7. The van der Waals surface area contributed by atoms with Crippen LogP contribution < -0.4 is 10.6 Å². The minimum Gasteiger partial charge on any atom is -0.376 e. The van der Waals surface area contributed by atoms with Crippen LogP contribution in [0.5, 0.6) is 0 Å². The standard InChI is InChI=1S/C24H28FN3O5S/c25-18-9-11-20(12-10-18)34(31,32)28-13-3-5-17(16-28)23(29)27-22-8-2-1-7-21(22)24(30)26-15-19-6-4-14-33-19/h1-2,7-12,17,19H,3-6,13-16H2,(H,26,30)(H,27,29)/t17-,19-/m1/s1. The van der Waals surface area contributed by atoms with Crippen LogP contribution in [0.15, 0.2) is 53.4 Å². The van der Waals surface area contributed by atoms with E-state index >= 15 is 0 Å². The number of anilines is 1. The molecule has 2 fully saturated rings. The van der Waals surface area contributed by atoms with Crippen LogP contribution in [0.4, 0.5) is 10.1 Å². The monoisotopic (exact) mass is 489 g/mol. The Labute approximate surface area is 198 Å². The first-order valence-electron chi connectivity index (χ1n) is 11.4. The molecule has 10 heteroatoms. The van der Waals surface area contributed by atoms with E-state index in [0.717, 1.165) is 25.0 Å². The second kappa shape index (κ2) is 10.6. The van der Waals surface area contributed by atoms with Crippen molar-refractivity contribution in [3.63, 3.8) is 0 Å². The molecule has 4 rings (SSSR count). The average Bonchev–Trinajstić information content (AvgIpc) is 3.37. The maximum absolute atomic E-state index is 13.2. The van der Waals surface area contributed by atoms with Crippen molar-refractivity contribution in [2.24, 2.45) is 5.92 Å². The Balaban J connectivity index is 1.41. The molecule has 2 atom stereocenters. The van der Waals surface area contributed by atoms with Crippen molar-refractivity contribution < 1.29 is 27.1 Å². The van der Waals surface area contributed by atoms with Crippen molar-refractivity contribution in [3.8, 4) is 0 Å². The van der Waals surface area contributed by atoms with Crippen LogP contribution >= 0.6 is 0 Å². The normalized spacial score (nSPS) is 21.2. The number of hydrogen-bond acceptors (Lipinski definition) is 5. The van der Waals surface area contributed by atoms with Crippen molar-refractivity contribution in [1.29, 1.82) is 0 Å².